The molecule has 4 nitrogen and oxygen atoms in total. The van der Waals surface area contributed by atoms with Crippen molar-refractivity contribution in [3.63, 3.8) is 0 Å². The Labute approximate surface area is 120 Å². The lowest BCUT2D eigenvalue weighted by Crippen LogP contribution is -2.13. The topological polar surface area (TPSA) is 58.2 Å². The van der Waals surface area contributed by atoms with Gasteiger partial charge in [0.15, 0.2) is 0 Å². The second-order valence-corrected chi connectivity index (χ2v) is 4.66. The third-order valence-electron chi connectivity index (χ3n) is 2.10. The van der Waals surface area contributed by atoms with E-state index in [9.17, 15) is 9.59 Å². The predicted octanol–water partition coefficient (Wildman–Crippen LogP) is 3.48. The number of rotatable bonds is 4. The van der Waals surface area contributed by atoms with Crippen LogP contribution in [0.3, 0.4) is 0 Å². The quantitative estimate of drug-likeness (QED) is 0.658. The normalized spacial score (nSPS) is 10.9. The highest BCUT2D eigenvalue weighted by Crippen LogP contribution is 2.26. The van der Waals surface area contributed by atoms with Crippen molar-refractivity contribution in [2.75, 3.05) is 10.6 Å². The summed E-state index contributed by atoms with van der Waals surface area (Å²) in [6.45, 7) is 3.28. The van der Waals surface area contributed by atoms with Crippen LogP contribution < -0.4 is 10.6 Å². The van der Waals surface area contributed by atoms with E-state index in [0.717, 1.165) is 4.47 Å². The first kappa shape index (κ1) is 15.2. The number of hydrogen-bond acceptors (Lipinski definition) is 2. The molecule has 0 aliphatic rings. The third-order valence-corrected chi connectivity index (χ3v) is 2.59. The minimum absolute atomic E-state index is 0.192. The molecule has 1 rings (SSSR count). The Bertz CT molecular complexity index is 536. The van der Waals surface area contributed by atoms with Gasteiger partial charge in [0, 0.05) is 17.5 Å². The molecule has 2 amide bonds. The summed E-state index contributed by atoms with van der Waals surface area (Å²) in [5.74, 6) is -0.454. The summed E-state index contributed by atoms with van der Waals surface area (Å²) < 4.78 is 0.814. The van der Waals surface area contributed by atoms with E-state index in [-0.39, 0.29) is 11.8 Å². The molecule has 1 aromatic rings. The minimum Gasteiger partial charge on any atom is -0.325 e. The lowest BCUT2D eigenvalue weighted by atomic mass is 10.2. The number of benzene rings is 1. The number of carbonyl (C=O) groups is 2. The molecule has 0 fully saturated rings. The summed E-state index contributed by atoms with van der Waals surface area (Å²) in [6, 6.07) is 5.24. The molecule has 2 N–H and O–H groups in total. The molecule has 19 heavy (non-hydrogen) atoms. The maximum Gasteiger partial charge on any atom is 0.248 e. The van der Waals surface area contributed by atoms with E-state index < -0.39 is 0 Å². The average molecular weight is 323 g/mol. The largest absolute Gasteiger partial charge is 0.325 e. The van der Waals surface area contributed by atoms with Crippen LogP contribution in [0.5, 0.6) is 0 Å². The van der Waals surface area contributed by atoms with Crippen LogP contribution in [0.15, 0.2) is 47.0 Å². The van der Waals surface area contributed by atoms with Gasteiger partial charge in [-0.25, -0.2) is 0 Å². The summed E-state index contributed by atoms with van der Waals surface area (Å²) in [5.41, 5.74) is 1.10. The summed E-state index contributed by atoms with van der Waals surface area (Å²) in [4.78, 5) is 22.8. The van der Waals surface area contributed by atoms with Crippen molar-refractivity contribution in [2.45, 2.75) is 13.8 Å². The third kappa shape index (κ3) is 5.52. The second-order valence-electron chi connectivity index (χ2n) is 3.75. The Morgan fingerprint density at radius 2 is 1.89 bits per heavy atom. The van der Waals surface area contributed by atoms with Crippen LogP contribution in [0.2, 0.25) is 0 Å². The molecular weight excluding hydrogens is 308 g/mol. The molecular formula is C14H15BrN2O2. The zero-order valence-electron chi connectivity index (χ0n) is 10.7. The van der Waals surface area contributed by atoms with Crippen LogP contribution >= 0.6 is 15.9 Å². The average Bonchev–Trinajstić information content (AvgIpc) is 2.32. The summed E-state index contributed by atoms with van der Waals surface area (Å²) in [5, 5.41) is 5.37. The van der Waals surface area contributed by atoms with Crippen LogP contribution in [0, 0.1) is 0 Å². The van der Waals surface area contributed by atoms with Gasteiger partial charge in [-0.1, -0.05) is 34.2 Å². The van der Waals surface area contributed by atoms with E-state index in [4.69, 9.17) is 0 Å². The molecule has 0 heterocycles. The maximum atomic E-state index is 11.7. The van der Waals surface area contributed by atoms with Gasteiger partial charge in [0.05, 0.1) is 11.4 Å². The van der Waals surface area contributed by atoms with Gasteiger partial charge in [0.2, 0.25) is 11.8 Å². The van der Waals surface area contributed by atoms with Crippen LogP contribution in [0.25, 0.3) is 0 Å². The standard InChI is InChI=1S/C14H15BrN2O2/c1-3-4-5-6-14(19)17-13-9-11(15)7-8-12(13)16-10(2)18/h3-9H,1-2H3,(H,16,18)(H,17,19)/b4-3+,6-5+. The Morgan fingerprint density at radius 3 is 2.53 bits per heavy atom. The van der Waals surface area contributed by atoms with Crippen molar-refractivity contribution in [3.8, 4) is 0 Å². The molecule has 100 valence electrons. The molecule has 0 saturated heterocycles. The van der Waals surface area contributed by atoms with Crippen LogP contribution in [0.4, 0.5) is 11.4 Å². The molecule has 0 radical (unpaired) electrons. The van der Waals surface area contributed by atoms with E-state index >= 15 is 0 Å². The fourth-order valence-electron chi connectivity index (χ4n) is 1.35. The molecule has 1 aromatic carbocycles. The van der Waals surface area contributed by atoms with Crippen LogP contribution in [-0.2, 0) is 9.59 Å². The Morgan fingerprint density at radius 1 is 1.16 bits per heavy atom. The van der Waals surface area contributed by atoms with E-state index in [1.165, 1.54) is 13.0 Å². The monoisotopic (exact) mass is 322 g/mol. The molecule has 0 saturated carbocycles. The molecule has 5 heteroatoms. The highest BCUT2D eigenvalue weighted by molar-refractivity contribution is 9.10. The lowest BCUT2D eigenvalue weighted by molar-refractivity contribution is -0.114. The van der Waals surface area contributed by atoms with Crippen molar-refractivity contribution in [1.29, 1.82) is 0 Å². The zero-order valence-corrected chi connectivity index (χ0v) is 12.3. The summed E-state index contributed by atoms with van der Waals surface area (Å²) in [6.07, 6.45) is 6.64. The predicted molar refractivity (Wildman–Crippen MR) is 81.0 cm³/mol. The van der Waals surface area contributed by atoms with Gasteiger partial charge in [-0.2, -0.15) is 0 Å². The fourth-order valence-corrected chi connectivity index (χ4v) is 1.71. The smallest absolute Gasteiger partial charge is 0.248 e. The number of allylic oxidation sites excluding steroid dienone is 3. The molecule has 0 atom stereocenters. The molecule has 0 aromatic heterocycles. The van der Waals surface area contributed by atoms with Gasteiger partial charge < -0.3 is 10.6 Å². The van der Waals surface area contributed by atoms with Crippen molar-refractivity contribution < 1.29 is 9.59 Å². The fraction of sp³-hybridized carbons (Fsp3) is 0.143. The van der Waals surface area contributed by atoms with Gasteiger partial charge in [-0.15, -0.1) is 0 Å². The van der Waals surface area contributed by atoms with Crippen molar-refractivity contribution in [2.24, 2.45) is 0 Å². The minimum atomic E-state index is -0.261. The Balaban J connectivity index is 2.89. The molecule has 0 aliphatic heterocycles. The highest BCUT2D eigenvalue weighted by atomic mass is 79.9. The van der Waals surface area contributed by atoms with Gasteiger partial charge in [-0.3, -0.25) is 9.59 Å². The SMILES string of the molecule is C/C=C/C=C/C(=O)Nc1cc(Br)ccc1NC(C)=O. The van der Waals surface area contributed by atoms with Gasteiger partial charge in [0.1, 0.15) is 0 Å². The molecule has 0 aliphatic carbocycles. The molecule has 0 unspecified atom stereocenters. The number of halogens is 1. The van der Waals surface area contributed by atoms with Gasteiger partial charge >= 0.3 is 0 Å². The first-order valence-electron chi connectivity index (χ1n) is 5.70. The second kappa shape index (κ2) is 7.53. The molecule has 0 bridgehead atoms. The number of hydrogen-bond donors (Lipinski definition) is 2. The van der Waals surface area contributed by atoms with Crippen molar-refractivity contribution >= 4 is 39.1 Å². The van der Waals surface area contributed by atoms with E-state index in [2.05, 4.69) is 26.6 Å². The van der Waals surface area contributed by atoms with Crippen LogP contribution in [0.1, 0.15) is 13.8 Å². The number of carbonyl (C=O) groups excluding carboxylic acids is 2. The highest BCUT2D eigenvalue weighted by Gasteiger charge is 2.06. The lowest BCUT2D eigenvalue weighted by Gasteiger charge is -2.10. The van der Waals surface area contributed by atoms with Crippen molar-refractivity contribution in [1.82, 2.24) is 0 Å². The van der Waals surface area contributed by atoms with Crippen molar-refractivity contribution in [3.05, 3.63) is 47.0 Å². The first-order chi connectivity index (χ1) is 9.02. The summed E-state index contributed by atoms with van der Waals surface area (Å²) in [7, 11) is 0. The Hall–Kier alpha value is -1.88. The van der Waals surface area contributed by atoms with Gasteiger partial charge in [-0.05, 0) is 25.1 Å². The van der Waals surface area contributed by atoms with E-state index in [0.29, 0.717) is 11.4 Å². The van der Waals surface area contributed by atoms with Crippen LogP contribution in [-0.4, -0.2) is 11.8 Å². The van der Waals surface area contributed by atoms with E-state index in [1.807, 2.05) is 13.0 Å². The number of anilines is 2. The molecule has 0 spiro atoms. The Kier molecular flexibility index (Phi) is 6.02. The maximum absolute atomic E-state index is 11.7. The van der Waals surface area contributed by atoms with E-state index in [1.54, 1.807) is 30.4 Å². The zero-order chi connectivity index (χ0) is 14.3. The number of nitrogens with one attached hydrogen (secondary N) is 2. The first-order valence-corrected chi connectivity index (χ1v) is 6.49. The number of amides is 2. The van der Waals surface area contributed by atoms with Gasteiger partial charge in [0.25, 0.3) is 0 Å². The summed E-state index contributed by atoms with van der Waals surface area (Å²) >= 11 is 3.32.